The molecular weight excluding hydrogens is 272 g/mol. The minimum atomic E-state index is 0.0302. The van der Waals surface area contributed by atoms with Crippen LogP contribution in [0.25, 0.3) is 10.9 Å². The minimum Gasteiger partial charge on any atom is -0.287 e. The summed E-state index contributed by atoms with van der Waals surface area (Å²) in [6.07, 6.45) is 1.92. The summed E-state index contributed by atoms with van der Waals surface area (Å²) in [5.41, 5.74) is 3.42. The van der Waals surface area contributed by atoms with Gasteiger partial charge in [0.15, 0.2) is 6.20 Å². The Balaban J connectivity index is 1.92. The first-order chi connectivity index (χ1) is 10.7. The van der Waals surface area contributed by atoms with Gasteiger partial charge in [-0.1, -0.05) is 11.6 Å². The first kappa shape index (κ1) is 14.0. The van der Waals surface area contributed by atoms with E-state index < -0.39 is 0 Å². The molecule has 3 nitrogen and oxygen atoms in total. The van der Waals surface area contributed by atoms with E-state index >= 15 is 0 Å². The Kier molecular flexibility index (Phi) is 3.67. The molecule has 2 aromatic carbocycles. The second-order valence-corrected chi connectivity index (χ2v) is 5.31. The number of hydrogen-bond acceptors (Lipinski definition) is 2. The van der Waals surface area contributed by atoms with Crippen LogP contribution in [0.1, 0.15) is 21.5 Å². The lowest BCUT2D eigenvalue weighted by atomic mass is 10.1. The van der Waals surface area contributed by atoms with Gasteiger partial charge in [-0.05, 0) is 43.3 Å². The third kappa shape index (κ3) is 2.72. The van der Waals surface area contributed by atoms with Gasteiger partial charge in [-0.15, -0.1) is 0 Å². The highest BCUT2D eigenvalue weighted by atomic mass is 16.1. The van der Waals surface area contributed by atoms with Crippen LogP contribution in [-0.4, -0.2) is 5.78 Å². The van der Waals surface area contributed by atoms with Gasteiger partial charge < -0.3 is 0 Å². The van der Waals surface area contributed by atoms with Gasteiger partial charge in [0.1, 0.15) is 0 Å². The van der Waals surface area contributed by atoms with Gasteiger partial charge in [-0.25, -0.2) is 0 Å². The lowest BCUT2D eigenvalue weighted by Crippen LogP contribution is -2.38. The van der Waals surface area contributed by atoms with E-state index in [4.69, 9.17) is 5.26 Å². The van der Waals surface area contributed by atoms with Crippen molar-refractivity contribution in [1.82, 2.24) is 0 Å². The maximum atomic E-state index is 12.4. The first-order valence-electron chi connectivity index (χ1n) is 7.09. The number of ketones is 1. The normalized spacial score (nSPS) is 10.4. The van der Waals surface area contributed by atoms with E-state index in [1.54, 1.807) is 24.3 Å². The molecule has 3 heteroatoms. The summed E-state index contributed by atoms with van der Waals surface area (Å²) >= 11 is 0. The monoisotopic (exact) mass is 287 g/mol. The van der Waals surface area contributed by atoms with Crippen molar-refractivity contribution in [3.63, 3.8) is 0 Å². The zero-order chi connectivity index (χ0) is 15.5. The molecule has 1 aromatic heterocycles. The molecule has 0 unspecified atom stereocenters. The SMILES string of the molecule is Cc1ccc2c(ccc[n+]2CC(=O)c2ccc(C#N)cc2)c1. The van der Waals surface area contributed by atoms with E-state index in [0.717, 1.165) is 10.9 Å². The molecule has 0 atom stereocenters. The fraction of sp³-hybridized carbons (Fsp3) is 0.105. The predicted octanol–water partition coefficient (Wildman–Crippen LogP) is 3.19. The van der Waals surface area contributed by atoms with Crippen LogP contribution in [-0.2, 0) is 6.54 Å². The van der Waals surface area contributed by atoms with Crippen molar-refractivity contribution in [3.8, 4) is 6.07 Å². The summed E-state index contributed by atoms with van der Waals surface area (Å²) in [4.78, 5) is 12.4. The van der Waals surface area contributed by atoms with Crippen molar-refractivity contribution >= 4 is 16.7 Å². The molecule has 0 saturated carbocycles. The van der Waals surface area contributed by atoms with E-state index in [0.29, 0.717) is 11.1 Å². The van der Waals surface area contributed by atoms with Gasteiger partial charge in [0.2, 0.25) is 17.8 Å². The second-order valence-electron chi connectivity index (χ2n) is 5.31. The molecule has 0 aliphatic heterocycles. The molecule has 1 heterocycles. The van der Waals surface area contributed by atoms with Crippen LogP contribution in [0, 0.1) is 18.3 Å². The topological polar surface area (TPSA) is 44.7 Å². The number of hydrogen-bond donors (Lipinski definition) is 0. The quantitative estimate of drug-likeness (QED) is 0.548. The maximum absolute atomic E-state index is 12.4. The number of nitrogens with zero attached hydrogens (tertiary/aromatic N) is 2. The smallest absolute Gasteiger partial charge is 0.227 e. The van der Waals surface area contributed by atoms with Crippen LogP contribution in [0.5, 0.6) is 0 Å². The number of aryl methyl sites for hydroxylation is 1. The van der Waals surface area contributed by atoms with E-state index in [1.165, 1.54) is 5.56 Å². The van der Waals surface area contributed by atoms with Gasteiger partial charge in [0.25, 0.3) is 0 Å². The van der Waals surface area contributed by atoms with Crippen molar-refractivity contribution in [2.24, 2.45) is 0 Å². The van der Waals surface area contributed by atoms with Gasteiger partial charge in [0.05, 0.1) is 11.6 Å². The van der Waals surface area contributed by atoms with Crippen molar-refractivity contribution in [2.75, 3.05) is 0 Å². The number of rotatable bonds is 3. The molecule has 0 fully saturated rings. The zero-order valence-electron chi connectivity index (χ0n) is 12.3. The highest BCUT2D eigenvalue weighted by Crippen LogP contribution is 2.12. The molecule has 3 rings (SSSR count). The molecule has 0 aliphatic rings. The Morgan fingerprint density at radius 1 is 1.14 bits per heavy atom. The summed E-state index contributed by atoms with van der Waals surface area (Å²) < 4.78 is 1.95. The summed E-state index contributed by atoms with van der Waals surface area (Å²) in [5.74, 6) is 0.0302. The second kappa shape index (κ2) is 5.79. The Labute approximate surface area is 129 Å². The standard InChI is InChI=1S/C19H15N2O/c1-14-4-9-18-17(11-14)3-2-10-21(18)13-19(22)16-7-5-15(12-20)6-8-16/h2-11H,13H2,1H3/q+1. The molecule has 0 N–H and O–H groups in total. The summed E-state index contributed by atoms with van der Waals surface area (Å²) in [7, 11) is 0. The van der Waals surface area contributed by atoms with Crippen molar-refractivity contribution in [1.29, 1.82) is 5.26 Å². The number of fused-ring (bicyclic) bond motifs is 1. The van der Waals surface area contributed by atoms with E-state index in [9.17, 15) is 4.79 Å². The number of nitriles is 1. The van der Waals surface area contributed by atoms with Gasteiger partial charge in [0, 0.05) is 23.1 Å². The lowest BCUT2D eigenvalue weighted by Gasteiger charge is -2.02. The number of aromatic nitrogens is 1. The number of benzene rings is 2. The van der Waals surface area contributed by atoms with E-state index in [1.807, 2.05) is 35.0 Å². The Hall–Kier alpha value is -2.99. The van der Waals surface area contributed by atoms with Gasteiger partial charge in [-0.3, -0.25) is 4.79 Å². The zero-order valence-corrected chi connectivity index (χ0v) is 12.3. The van der Waals surface area contributed by atoms with E-state index in [2.05, 4.69) is 19.1 Å². The average molecular weight is 287 g/mol. The lowest BCUT2D eigenvalue weighted by molar-refractivity contribution is -0.657. The molecule has 0 radical (unpaired) electrons. The molecular formula is C19H15N2O+. The Morgan fingerprint density at radius 2 is 1.91 bits per heavy atom. The third-order valence-electron chi connectivity index (χ3n) is 3.68. The summed E-state index contributed by atoms with van der Waals surface area (Å²) in [5, 5.41) is 9.92. The molecule has 0 saturated heterocycles. The maximum Gasteiger partial charge on any atom is 0.227 e. The van der Waals surface area contributed by atoms with Crippen LogP contribution in [0.2, 0.25) is 0 Å². The molecule has 3 aromatic rings. The van der Waals surface area contributed by atoms with Crippen LogP contribution in [0.4, 0.5) is 0 Å². The fourth-order valence-corrected chi connectivity index (χ4v) is 2.51. The van der Waals surface area contributed by atoms with Gasteiger partial charge >= 0.3 is 0 Å². The Bertz CT molecular complexity index is 889. The molecule has 106 valence electrons. The largest absolute Gasteiger partial charge is 0.287 e. The van der Waals surface area contributed by atoms with Crippen LogP contribution in [0.15, 0.2) is 60.8 Å². The van der Waals surface area contributed by atoms with Crippen LogP contribution < -0.4 is 4.57 Å². The molecule has 22 heavy (non-hydrogen) atoms. The van der Waals surface area contributed by atoms with Crippen LogP contribution in [0.3, 0.4) is 0 Å². The summed E-state index contributed by atoms with van der Waals surface area (Å²) in [6, 6.07) is 19.0. The minimum absolute atomic E-state index is 0.0302. The number of carbonyl (C=O) groups is 1. The van der Waals surface area contributed by atoms with Crippen molar-refractivity contribution in [2.45, 2.75) is 13.5 Å². The molecule has 0 aliphatic carbocycles. The highest BCUT2D eigenvalue weighted by Gasteiger charge is 2.15. The fourth-order valence-electron chi connectivity index (χ4n) is 2.51. The molecule has 0 bridgehead atoms. The average Bonchev–Trinajstić information content (AvgIpc) is 2.55. The molecule has 0 spiro atoms. The number of Topliss-reactive ketones (excluding diaryl/α,β-unsaturated/α-hetero) is 1. The van der Waals surface area contributed by atoms with Crippen molar-refractivity contribution in [3.05, 3.63) is 77.5 Å². The predicted molar refractivity (Wildman–Crippen MR) is 84.4 cm³/mol. The van der Waals surface area contributed by atoms with E-state index in [-0.39, 0.29) is 12.3 Å². The van der Waals surface area contributed by atoms with Gasteiger partial charge in [-0.2, -0.15) is 9.83 Å². The third-order valence-corrected chi connectivity index (χ3v) is 3.68. The first-order valence-corrected chi connectivity index (χ1v) is 7.09. The van der Waals surface area contributed by atoms with Crippen LogP contribution >= 0.6 is 0 Å². The molecule has 0 amide bonds. The van der Waals surface area contributed by atoms with Crippen molar-refractivity contribution < 1.29 is 9.36 Å². The number of pyridine rings is 1. The Morgan fingerprint density at radius 3 is 2.64 bits per heavy atom. The number of carbonyl (C=O) groups excluding carboxylic acids is 1. The summed E-state index contributed by atoms with van der Waals surface area (Å²) in [6.45, 7) is 2.34. The highest BCUT2D eigenvalue weighted by molar-refractivity contribution is 5.95.